The molecule has 2 atom stereocenters. The second-order valence-corrected chi connectivity index (χ2v) is 9.52. The standard InChI is InChI=1S/C19H25F3N2O3S/c1-14-6-8-15(9-7-14)28(26,27)24-12-10-23(11-13-24)18(25)16-4-2-3-5-17(16)19(20,21)22/h6-9,16-17H,2-5,10-13H2,1H3. The quantitative estimate of drug-likeness (QED) is 0.758. The Kier molecular flexibility index (Phi) is 6.05. The number of hydrogen-bond acceptors (Lipinski definition) is 3. The SMILES string of the molecule is Cc1ccc(S(=O)(=O)N2CCN(C(=O)C3CCCCC3C(F)(F)F)CC2)cc1. The second-order valence-electron chi connectivity index (χ2n) is 7.58. The molecule has 2 unspecified atom stereocenters. The Balaban J connectivity index is 1.66. The number of carbonyl (C=O) groups is 1. The number of carbonyl (C=O) groups excluding carboxylic acids is 1. The molecule has 1 aromatic carbocycles. The fourth-order valence-electron chi connectivity index (χ4n) is 4.06. The van der Waals surface area contributed by atoms with Gasteiger partial charge in [0.1, 0.15) is 0 Å². The fourth-order valence-corrected chi connectivity index (χ4v) is 5.48. The Morgan fingerprint density at radius 1 is 1.00 bits per heavy atom. The summed E-state index contributed by atoms with van der Waals surface area (Å²) in [6.45, 7) is 2.27. The smallest absolute Gasteiger partial charge is 0.340 e. The van der Waals surface area contributed by atoms with Crippen molar-refractivity contribution in [1.29, 1.82) is 0 Å². The predicted molar refractivity (Wildman–Crippen MR) is 98.0 cm³/mol. The lowest BCUT2D eigenvalue weighted by Crippen LogP contribution is -2.53. The van der Waals surface area contributed by atoms with Crippen LogP contribution < -0.4 is 0 Å². The monoisotopic (exact) mass is 418 g/mol. The van der Waals surface area contributed by atoms with E-state index in [0.717, 1.165) is 5.56 Å². The molecule has 5 nitrogen and oxygen atoms in total. The van der Waals surface area contributed by atoms with Gasteiger partial charge in [-0.15, -0.1) is 0 Å². The molecule has 1 saturated heterocycles. The highest BCUT2D eigenvalue weighted by Crippen LogP contribution is 2.42. The van der Waals surface area contributed by atoms with E-state index in [2.05, 4.69) is 0 Å². The zero-order valence-electron chi connectivity index (χ0n) is 15.8. The number of benzene rings is 1. The minimum atomic E-state index is -4.38. The van der Waals surface area contributed by atoms with Gasteiger partial charge in [0.05, 0.1) is 10.8 Å². The minimum absolute atomic E-state index is 0.0122. The molecule has 1 heterocycles. The molecule has 0 aromatic heterocycles. The first kappa shape index (κ1) is 21.1. The predicted octanol–water partition coefficient (Wildman–Crippen LogP) is 3.20. The molecule has 1 saturated carbocycles. The van der Waals surface area contributed by atoms with Crippen molar-refractivity contribution in [3.63, 3.8) is 0 Å². The maximum absolute atomic E-state index is 13.3. The lowest BCUT2D eigenvalue weighted by Gasteiger charge is -2.39. The number of aryl methyl sites for hydroxylation is 1. The summed E-state index contributed by atoms with van der Waals surface area (Å²) in [6, 6.07) is 6.51. The van der Waals surface area contributed by atoms with Gasteiger partial charge in [-0.1, -0.05) is 30.5 Å². The first-order valence-electron chi connectivity index (χ1n) is 9.53. The zero-order chi connectivity index (χ0) is 20.5. The van der Waals surface area contributed by atoms with Gasteiger partial charge in [-0.2, -0.15) is 17.5 Å². The molecule has 1 amide bonds. The fraction of sp³-hybridized carbons (Fsp3) is 0.632. The van der Waals surface area contributed by atoms with Crippen LogP contribution in [0, 0.1) is 18.8 Å². The number of piperazine rings is 1. The van der Waals surface area contributed by atoms with E-state index in [1.54, 1.807) is 12.1 Å². The van der Waals surface area contributed by atoms with E-state index in [9.17, 15) is 26.4 Å². The van der Waals surface area contributed by atoms with Crippen molar-refractivity contribution in [3.05, 3.63) is 29.8 Å². The molecule has 0 radical (unpaired) electrons. The van der Waals surface area contributed by atoms with E-state index in [0.29, 0.717) is 12.8 Å². The average Bonchev–Trinajstić information content (AvgIpc) is 2.67. The first-order valence-corrected chi connectivity index (χ1v) is 11.0. The molecule has 3 rings (SSSR count). The Morgan fingerprint density at radius 2 is 1.57 bits per heavy atom. The van der Waals surface area contributed by atoms with Gasteiger partial charge < -0.3 is 4.90 Å². The van der Waals surface area contributed by atoms with Crippen LogP contribution in [0.4, 0.5) is 13.2 Å². The summed E-state index contributed by atoms with van der Waals surface area (Å²) in [5.74, 6) is -3.13. The summed E-state index contributed by atoms with van der Waals surface area (Å²) in [7, 11) is -3.67. The largest absolute Gasteiger partial charge is 0.392 e. The van der Waals surface area contributed by atoms with Crippen LogP contribution in [0.25, 0.3) is 0 Å². The van der Waals surface area contributed by atoms with Gasteiger partial charge in [0.2, 0.25) is 15.9 Å². The summed E-state index contributed by atoms with van der Waals surface area (Å²) < 4.78 is 66.6. The van der Waals surface area contributed by atoms with Crippen LogP contribution in [-0.4, -0.2) is 55.9 Å². The summed E-state index contributed by atoms with van der Waals surface area (Å²) >= 11 is 0. The van der Waals surface area contributed by atoms with E-state index < -0.39 is 33.9 Å². The number of amides is 1. The Hall–Kier alpha value is -1.61. The lowest BCUT2D eigenvalue weighted by atomic mass is 9.78. The molecule has 9 heteroatoms. The van der Waals surface area contributed by atoms with Crippen molar-refractivity contribution in [1.82, 2.24) is 9.21 Å². The summed E-state index contributed by atoms with van der Waals surface area (Å²) in [5, 5.41) is 0. The molecular weight excluding hydrogens is 393 g/mol. The van der Waals surface area contributed by atoms with E-state index in [1.165, 1.54) is 21.3 Å². The molecule has 2 aliphatic rings. The summed E-state index contributed by atoms with van der Waals surface area (Å²) in [6.07, 6.45) is -3.05. The maximum Gasteiger partial charge on any atom is 0.392 e. The summed E-state index contributed by atoms with van der Waals surface area (Å²) in [4.78, 5) is 14.3. The van der Waals surface area contributed by atoms with Crippen LogP contribution in [0.2, 0.25) is 0 Å². The van der Waals surface area contributed by atoms with Gasteiger partial charge in [-0.25, -0.2) is 8.42 Å². The van der Waals surface area contributed by atoms with Gasteiger partial charge in [0.15, 0.2) is 0 Å². The molecule has 1 aliphatic heterocycles. The molecule has 1 aliphatic carbocycles. The van der Waals surface area contributed by atoms with Crippen molar-refractivity contribution < 1.29 is 26.4 Å². The average molecular weight is 418 g/mol. The number of alkyl halides is 3. The molecule has 0 N–H and O–H groups in total. The van der Waals surface area contributed by atoms with Gasteiger partial charge >= 0.3 is 6.18 Å². The van der Waals surface area contributed by atoms with Crippen molar-refractivity contribution in [2.75, 3.05) is 26.2 Å². The van der Waals surface area contributed by atoms with Gasteiger partial charge in [0, 0.05) is 32.1 Å². The minimum Gasteiger partial charge on any atom is -0.340 e. The number of rotatable bonds is 3. The zero-order valence-corrected chi connectivity index (χ0v) is 16.6. The van der Waals surface area contributed by atoms with Crippen LogP contribution >= 0.6 is 0 Å². The van der Waals surface area contributed by atoms with Gasteiger partial charge in [-0.3, -0.25) is 4.79 Å². The number of halogens is 3. The first-order chi connectivity index (χ1) is 13.1. The van der Waals surface area contributed by atoms with Gasteiger partial charge in [0.25, 0.3) is 0 Å². The van der Waals surface area contributed by atoms with E-state index in [1.807, 2.05) is 6.92 Å². The summed E-state index contributed by atoms with van der Waals surface area (Å²) in [5.41, 5.74) is 0.945. The Bertz CT molecular complexity index is 801. The molecule has 28 heavy (non-hydrogen) atoms. The van der Waals surface area contributed by atoms with Crippen molar-refractivity contribution in [2.24, 2.45) is 11.8 Å². The topological polar surface area (TPSA) is 57.7 Å². The number of nitrogens with zero attached hydrogens (tertiary/aromatic N) is 2. The van der Waals surface area contributed by atoms with Crippen molar-refractivity contribution >= 4 is 15.9 Å². The maximum atomic E-state index is 13.3. The van der Waals surface area contributed by atoms with E-state index in [4.69, 9.17) is 0 Å². The van der Waals surface area contributed by atoms with Crippen LogP contribution in [-0.2, 0) is 14.8 Å². The normalized spacial score (nSPS) is 24.9. The molecule has 0 bridgehead atoms. The van der Waals surface area contributed by atoms with Crippen molar-refractivity contribution in [2.45, 2.75) is 43.7 Å². The third-order valence-electron chi connectivity index (χ3n) is 5.71. The number of hydrogen-bond donors (Lipinski definition) is 0. The highest BCUT2D eigenvalue weighted by molar-refractivity contribution is 7.89. The third-order valence-corrected chi connectivity index (χ3v) is 7.63. The lowest BCUT2D eigenvalue weighted by molar-refractivity contribution is -0.201. The molecule has 0 spiro atoms. The molecule has 2 fully saturated rings. The number of sulfonamides is 1. The third kappa shape index (κ3) is 4.35. The second kappa shape index (κ2) is 8.02. The van der Waals surface area contributed by atoms with Crippen molar-refractivity contribution in [3.8, 4) is 0 Å². The van der Waals surface area contributed by atoms with Gasteiger partial charge in [-0.05, 0) is 31.9 Å². The van der Waals surface area contributed by atoms with Crippen LogP contribution in [0.3, 0.4) is 0 Å². The van der Waals surface area contributed by atoms with Crippen LogP contribution in [0.5, 0.6) is 0 Å². The van der Waals surface area contributed by atoms with E-state index in [-0.39, 0.29) is 43.9 Å². The molecule has 1 aromatic rings. The highest BCUT2D eigenvalue weighted by atomic mass is 32.2. The Labute approximate surface area is 163 Å². The van der Waals surface area contributed by atoms with E-state index >= 15 is 0 Å². The molecule has 156 valence electrons. The van der Waals surface area contributed by atoms with Crippen LogP contribution in [0.1, 0.15) is 31.2 Å². The highest BCUT2D eigenvalue weighted by Gasteiger charge is 2.49. The Morgan fingerprint density at radius 3 is 2.14 bits per heavy atom. The molecular formula is C19H25F3N2O3S. The van der Waals surface area contributed by atoms with Crippen LogP contribution in [0.15, 0.2) is 29.2 Å².